The van der Waals surface area contributed by atoms with E-state index in [9.17, 15) is 4.79 Å². The van der Waals surface area contributed by atoms with Gasteiger partial charge in [-0.25, -0.2) is 0 Å². The smallest absolute Gasteiger partial charge is 0.224 e. The molecule has 1 rings (SSSR count). The van der Waals surface area contributed by atoms with E-state index in [1.54, 1.807) is 0 Å². The Balaban J connectivity index is 1.60. The molecular formula is C33H65NO. The Morgan fingerprint density at radius 2 is 0.686 bits per heavy atom. The fourth-order valence-corrected chi connectivity index (χ4v) is 5.57. The standard InChI is InChI=1S/C33H65NO/c1-2-3-4-5-6-7-8-9-10-11-12-13-14-15-16-17-18-19-20-21-22-23-24-25-26-27-28-29-31-34-32-30-33(34)35/h2-32H2,1H3. The van der Waals surface area contributed by atoms with Crippen LogP contribution < -0.4 is 0 Å². The van der Waals surface area contributed by atoms with Crippen molar-refractivity contribution in [3.8, 4) is 0 Å². The van der Waals surface area contributed by atoms with E-state index in [0.29, 0.717) is 5.91 Å². The molecule has 35 heavy (non-hydrogen) atoms. The van der Waals surface area contributed by atoms with Crippen molar-refractivity contribution >= 4 is 5.91 Å². The van der Waals surface area contributed by atoms with Gasteiger partial charge in [0.25, 0.3) is 0 Å². The fraction of sp³-hybridized carbons (Fsp3) is 0.970. The van der Waals surface area contributed by atoms with Gasteiger partial charge in [-0.15, -0.1) is 0 Å². The molecule has 0 aromatic carbocycles. The molecule has 0 saturated carbocycles. The van der Waals surface area contributed by atoms with Gasteiger partial charge in [-0.05, 0) is 6.42 Å². The van der Waals surface area contributed by atoms with Crippen molar-refractivity contribution in [2.75, 3.05) is 13.1 Å². The second-order valence-corrected chi connectivity index (χ2v) is 11.7. The number of amides is 1. The highest BCUT2D eigenvalue weighted by atomic mass is 16.2. The molecule has 0 atom stereocenters. The Kier molecular flexibility index (Phi) is 24.6. The molecule has 0 unspecified atom stereocenters. The first-order chi connectivity index (χ1) is 17.3. The van der Waals surface area contributed by atoms with Gasteiger partial charge in [-0.3, -0.25) is 4.79 Å². The molecule has 208 valence electrons. The molecule has 1 fully saturated rings. The van der Waals surface area contributed by atoms with E-state index >= 15 is 0 Å². The lowest BCUT2D eigenvalue weighted by Gasteiger charge is -2.30. The molecule has 0 aromatic heterocycles. The second-order valence-electron chi connectivity index (χ2n) is 11.7. The van der Waals surface area contributed by atoms with Crippen molar-refractivity contribution in [2.24, 2.45) is 0 Å². The third-order valence-corrected chi connectivity index (χ3v) is 8.23. The highest BCUT2D eigenvalue weighted by molar-refractivity contribution is 5.81. The molecule has 0 N–H and O–H groups in total. The zero-order valence-corrected chi connectivity index (χ0v) is 24.3. The van der Waals surface area contributed by atoms with Crippen LogP contribution in [0.3, 0.4) is 0 Å². The Bertz CT molecular complexity index is 435. The summed E-state index contributed by atoms with van der Waals surface area (Å²) in [5.74, 6) is 0.370. The fourth-order valence-electron chi connectivity index (χ4n) is 5.57. The summed E-state index contributed by atoms with van der Waals surface area (Å²) in [6.07, 6.45) is 41.2. The number of likely N-dealkylation sites (tertiary alicyclic amines) is 1. The first kappa shape index (κ1) is 32.5. The van der Waals surface area contributed by atoms with Crippen LogP contribution in [-0.4, -0.2) is 23.9 Å². The number of unbranched alkanes of at least 4 members (excludes halogenated alkanes) is 27. The summed E-state index contributed by atoms with van der Waals surface area (Å²) in [5.41, 5.74) is 0. The minimum atomic E-state index is 0.370. The summed E-state index contributed by atoms with van der Waals surface area (Å²) >= 11 is 0. The molecule has 1 aliphatic heterocycles. The van der Waals surface area contributed by atoms with Crippen molar-refractivity contribution < 1.29 is 4.79 Å². The zero-order chi connectivity index (χ0) is 25.1. The van der Waals surface area contributed by atoms with E-state index in [-0.39, 0.29) is 0 Å². The summed E-state index contributed by atoms with van der Waals surface area (Å²) in [7, 11) is 0. The molecule has 0 spiro atoms. The normalized spacial score (nSPS) is 13.5. The van der Waals surface area contributed by atoms with Gasteiger partial charge in [0.2, 0.25) is 5.91 Å². The molecule has 2 nitrogen and oxygen atoms in total. The lowest BCUT2D eigenvalue weighted by Crippen LogP contribution is -2.43. The molecule has 0 bridgehead atoms. The third kappa shape index (κ3) is 22.4. The summed E-state index contributed by atoms with van der Waals surface area (Å²) < 4.78 is 0. The SMILES string of the molecule is CCCCCCCCCCCCCCCCCCCCCCCCCCCCCCN1CCC1=O. The van der Waals surface area contributed by atoms with Crippen LogP contribution in [0.2, 0.25) is 0 Å². The average Bonchev–Trinajstić information content (AvgIpc) is 2.86. The molecule has 1 aliphatic rings. The van der Waals surface area contributed by atoms with Crippen LogP contribution >= 0.6 is 0 Å². The van der Waals surface area contributed by atoms with Crippen LogP contribution in [0, 0.1) is 0 Å². The number of hydrogen-bond acceptors (Lipinski definition) is 1. The van der Waals surface area contributed by atoms with E-state index in [1.165, 1.54) is 180 Å². The van der Waals surface area contributed by atoms with Crippen molar-refractivity contribution in [1.82, 2.24) is 4.90 Å². The van der Waals surface area contributed by atoms with E-state index in [4.69, 9.17) is 0 Å². The minimum Gasteiger partial charge on any atom is -0.342 e. The van der Waals surface area contributed by atoms with Gasteiger partial charge < -0.3 is 4.90 Å². The first-order valence-corrected chi connectivity index (χ1v) is 16.6. The number of carbonyl (C=O) groups excluding carboxylic acids is 1. The van der Waals surface area contributed by atoms with Gasteiger partial charge in [0, 0.05) is 19.5 Å². The van der Waals surface area contributed by atoms with E-state index in [1.807, 2.05) is 4.90 Å². The lowest BCUT2D eigenvalue weighted by atomic mass is 10.0. The summed E-state index contributed by atoms with van der Waals surface area (Å²) in [6, 6.07) is 0. The van der Waals surface area contributed by atoms with E-state index < -0.39 is 0 Å². The highest BCUT2D eigenvalue weighted by Gasteiger charge is 2.22. The predicted molar refractivity (Wildman–Crippen MR) is 156 cm³/mol. The maximum absolute atomic E-state index is 11.2. The highest BCUT2D eigenvalue weighted by Crippen LogP contribution is 2.16. The monoisotopic (exact) mass is 492 g/mol. The van der Waals surface area contributed by atoms with Crippen LogP contribution in [0.5, 0.6) is 0 Å². The maximum atomic E-state index is 11.2. The van der Waals surface area contributed by atoms with Crippen LogP contribution in [0.1, 0.15) is 193 Å². The molecule has 0 aromatic rings. The summed E-state index contributed by atoms with van der Waals surface area (Å²) in [6.45, 7) is 4.33. The van der Waals surface area contributed by atoms with Crippen LogP contribution in [-0.2, 0) is 4.79 Å². The number of hydrogen-bond donors (Lipinski definition) is 0. The van der Waals surface area contributed by atoms with Crippen molar-refractivity contribution in [1.29, 1.82) is 0 Å². The molecule has 1 amide bonds. The third-order valence-electron chi connectivity index (χ3n) is 8.23. The van der Waals surface area contributed by atoms with E-state index in [0.717, 1.165) is 19.5 Å². The van der Waals surface area contributed by atoms with E-state index in [2.05, 4.69) is 6.92 Å². The zero-order valence-electron chi connectivity index (χ0n) is 24.3. The Morgan fingerprint density at radius 3 is 0.886 bits per heavy atom. The van der Waals surface area contributed by atoms with Gasteiger partial charge in [0.05, 0.1) is 0 Å². The first-order valence-electron chi connectivity index (χ1n) is 16.6. The number of carbonyl (C=O) groups is 1. The van der Waals surface area contributed by atoms with Crippen molar-refractivity contribution in [3.63, 3.8) is 0 Å². The minimum absolute atomic E-state index is 0.370. The molecule has 1 saturated heterocycles. The van der Waals surface area contributed by atoms with Crippen molar-refractivity contribution in [3.05, 3.63) is 0 Å². The Hall–Kier alpha value is -0.530. The van der Waals surface area contributed by atoms with Crippen LogP contribution in [0.25, 0.3) is 0 Å². The quantitative estimate of drug-likeness (QED) is 0.0752. The van der Waals surface area contributed by atoms with Crippen molar-refractivity contribution in [2.45, 2.75) is 193 Å². The van der Waals surface area contributed by atoms with Gasteiger partial charge >= 0.3 is 0 Å². The topological polar surface area (TPSA) is 20.3 Å². The summed E-state index contributed by atoms with van der Waals surface area (Å²) in [4.78, 5) is 13.3. The number of rotatable bonds is 29. The Labute approximate surface area is 221 Å². The molecule has 1 heterocycles. The van der Waals surface area contributed by atoms with Crippen LogP contribution in [0.15, 0.2) is 0 Å². The van der Waals surface area contributed by atoms with Gasteiger partial charge in [0.15, 0.2) is 0 Å². The van der Waals surface area contributed by atoms with Gasteiger partial charge in [-0.2, -0.15) is 0 Å². The number of β-lactam (4-membered cyclic amide) rings is 1. The predicted octanol–water partition coefficient (Wildman–Crippen LogP) is 11.2. The molecule has 0 radical (unpaired) electrons. The van der Waals surface area contributed by atoms with Gasteiger partial charge in [0.1, 0.15) is 0 Å². The average molecular weight is 492 g/mol. The largest absolute Gasteiger partial charge is 0.342 e. The molecular weight excluding hydrogens is 426 g/mol. The maximum Gasteiger partial charge on any atom is 0.224 e. The molecule has 2 heteroatoms. The lowest BCUT2D eigenvalue weighted by molar-refractivity contribution is -0.139. The number of nitrogens with zero attached hydrogens (tertiary/aromatic N) is 1. The molecule has 0 aliphatic carbocycles. The summed E-state index contributed by atoms with van der Waals surface area (Å²) in [5, 5.41) is 0. The van der Waals surface area contributed by atoms with Crippen LogP contribution in [0.4, 0.5) is 0 Å². The Morgan fingerprint density at radius 1 is 0.429 bits per heavy atom. The second kappa shape index (κ2) is 26.5. The van der Waals surface area contributed by atoms with Gasteiger partial charge in [-0.1, -0.05) is 180 Å².